The van der Waals surface area contributed by atoms with E-state index in [2.05, 4.69) is 50.2 Å². The third-order valence-electron chi connectivity index (χ3n) is 3.32. The number of hydrogen-bond acceptors (Lipinski definition) is 2. The molecule has 0 aliphatic carbocycles. The summed E-state index contributed by atoms with van der Waals surface area (Å²) in [4.78, 5) is 12.0. The lowest BCUT2D eigenvalue weighted by atomic mass is 10.1. The number of nitrogens with one attached hydrogen (secondary N) is 1. The number of benzene rings is 2. The Kier molecular flexibility index (Phi) is 7.12. The maximum Gasteiger partial charge on any atom is 0.262 e. The first-order valence-corrected chi connectivity index (χ1v) is 9.14. The van der Waals surface area contributed by atoms with E-state index in [9.17, 15) is 4.79 Å². The molecule has 0 saturated carbocycles. The van der Waals surface area contributed by atoms with E-state index in [0.29, 0.717) is 5.75 Å². The van der Waals surface area contributed by atoms with E-state index in [1.807, 2.05) is 36.4 Å². The van der Waals surface area contributed by atoms with Gasteiger partial charge in [0.25, 0.3) is 5.91 Å². The molecule has 0 aliphatic rings. The standard InChI is InChI=1S/C18H19Br2NO2/c1-2-3-6-13-9-10-16(15(20)11-13)21-18(22)12-23-17-8-5-4-7-14(17)19/h4-5,7-11H,2-3,6,12H2,1H3,(H,21,22). The minimum atomic E-state index is -0.192. The van der Waals surface area contributed by atoms with E-state index in [4.69, 9.17) is 4.74 Å². The average molecular weight is 441 g/mol. The minimum absolute atomic E-state index is 0.0351. The molecule has 0 atom stereocenters. The molecule has 2 rings (SSSR count). The first-order valence-electron chi connectivity index (χ1n) is 7.55. The second-order valence-corrected chi connectivity index (χ2v) is 6.89. The molecule has 0 aromatic heterocycles. The highest BCUT2D eigenvalue weighted by atomic mass is 79.9. The van der Waals surface area contributed by atoms with Gasteiger partial charge in [0.15, 0.2) is 6.61 Å². The van der Waals surface area contributed by atoms with Crippen molar-refractivity contribution in [2.45, 2.75) is 26.2 Å². The van der Waals surface area contributed by atoms with Crippen molar-refractivity contribution in [3.63, 3.8) is 0 Å². The molecule has 5 heteroatoms. The molecular formula is C18H19Br2NO2. The van der Waals surface area contributed by atoms with Crippen LogP contribution in [0.1, 0.15) is 25.3 Å². The monoisotopic (exact) mass is 439 g/mol. The van der Waals surface area contributed by atoms with Gasteiger partial charge in [-0.3, -0.25) is 4.79 Å². The van der Waals surface area contributed by atoms with Crippen LogP contribution >= 0.6 is 31.9 Å². The Hall–Kier alpha value is -1.33. The molecule has 23 heavy (non-hydrogen) atoms. The van der Waals surface area contributed by atoms with E-state index in [-0.39, 0.29) is 12.5 Å². The van der Waals surface area contributed by atoms with Crippen molar-refractivity contribution in [1.82, 2.24) is 0 Å². The van der Waals surface area contributed by atoms with Crippen LogP contribution in [0.3, 0.4) is 0 Å². The van der Waals surface area contributed by atoms with Gasteiger partial charge in [-0.05, 0) is 74.5 Å². The maximum atomic E-state index is 12.0. The Bertz CT molecular complexity index is 674. The highest BCUT2D eigenvalue weighted by molar-refractivity contribution is 9.11. The average Bonchev–Trinajstić information content (AvgIpc) is 2.54. The van der Waals surface area contributed by atoms with Gasteiger partial charge in [0.05, 0.1) is 10.2 Å². The molecule has 0 saturated heterocycles. The van der Waals surface area contributed by atoms with Crippen LogP contribution in [-0.4, -0.2) is 12.5 Å². The van der Waals surface area contributed by atoms with Crippen LogP contribution in [0, 0.1) is 0 Å². The second kappa shape index (κ2) is 9.08. The van der Waals surface area contributed by atoms with Gasteiger partial charge in [0, 0.05) is 4.47 Å². The van der Waals surface area contributed by atoms with Gasteiger partial charge in [-0.25, -0.2) is 0 Å². The van der Waals surface area contributed by atoms with Gasteiger partial charge < -0.3 is 10.1 Å². The van der Waals surface area contributed by atoms with E-state index >= 15 is 0 Å². The summed E-state index contributed by atoms with van der Waals surface area (Å²) in [5.74, 6) is 0.458. The van der Waals surface area contributed by atoms with Gasteiger partial charge in [-0.15, -0.1) is 0 Å². The van der Waals surface area contributed by atoms with Crippen molar-refractivity contribution >= 4 is 43.5 Å². The lowest BCUT2D eigenvalue weighted by Gasteiger charge is -2.11. The number of rotatable bonds is 7. The normalized spacial score (nSPS) is 10.4. The third kappa shape index (κ3) is 5.66. The number of carbonyl (C=O) groups excluding carboxylic acids is 1. The predicted octanol–water partition coefficient (Wildman–Crippen LogP) is 5.57. The fourth-order valence-electron chi connectivity index (χ4n) is 2.09. The van der Waals surface area contributed by atoms with E-state index in [0.717, 1.165) is 27.5 Å². The zero-order valence-corrected chi connectivity index (χ0v) is 16.1. The molecule has 0 spiro atoms. The third-order valence-corrected chi connectivity index (χ3v) is 4.63. The van der Waals surface area contributed by atoms with Crippen molar-refractivity contribution in [3.8, 4) is 5.75 Å². The Morgan fingerprint density at radius 2 is 1.91 bits per heavy atom. The summed E-state index contributed by atoms with van der Waals surface area (Å²) < 4.78 is 7.23. The zero-order valence-electron chi connectivity index (χ0n) is 12.9. The van der Waals surface area contributed by atoms with Crippen molar-refractivity contribution in [2.24, 2.45) is 0 Å². The number of halogens is 2. The number of para-hydroxylation sites is 1. The van der Waals surface area contributed by atoms with Crippen molar-refractivity contribution in [1.29, 1.82) is 0 Å². The zero-order chi connectivity index (χ0) is 16.7. The number of ether oxygens (including phenoxy) is 1. The summed E-state index contributed by atoms with van der Waals surface area (Å²) in [6, 6.07) is 13.5. The number of anilines is 1. The lowest BCUT2D eigenvalue weighted by molar-refractivity contribution is -0.118. The molecular weight excluding hydrogens is 422 g/mol. The topological polar surface area (TPSA) is 38.3 Å². The first-order chi connectivity index (χ1) is 11.1. The molecule has 2 aromatic carbocycles. The quantitative estimate of drug-likeness (QED) is 0.610. The summed E-state index contributed by atoms with van der Waals surface area (Å²) in [5, 5.41) is 2.86. The molecule has 0 heterocycles. The smallest absolute Gasteiger partial charge is 0.262 e. The number of unbranched alkanes of at least 4 members (excludes halogenated alkanes) is 1. The molecule has 1 amide bonds. The molecule has 0 bridgehead atoms. The molecule has 0 unspecified atom stereocenters. The van der Waals surface area contributed by atoms with Crippen LogP contribution in [0.25, 0.3) is 0 Å². The van der Waals surface area contributed by atoms with Crippen LogP contribution in [-0.2, 0) is 11.2 Å². The highest BCUT2D eigenvalue weighted by Gasteiger charge is 2.08. The van der Waals surface area contributed by atoms with E-state index < -0.39 is 0 Å². The molecule has 1 N–H and O–H groups in total. The number of aryl methyl sites for hydroxylation is 1. The number of amides is 1. The van der Waals surface area contributed by atoms with Crippen LogP contribution in [0.5, 0.6) is 5.75 Å². The number of hydrogen-bond donors (Lipinski definition) is 1. The van der Waals surface area contributed by atoms with Gasteiger partial charge in [-0.1, -0.05) is 31.5 Å². The summed E-state index contributed by atoms with van der Waals surface area (Å²) in [6.07, 6.45) is 3.38. The molecule has 2 aromatic rings. The van der Waals surface area contributed by atoms with Crippen LogP contribution in [0.2, 0.25) is 0 Å². The van der Waals surface area contributed by atoms with Crippen LogP contribution in [0.15, 0.2) is 51.4 Å². The summed E-state index contributed by atoms with van der Waals surface area (Å²) in [7, 11) is 0. The molecule has 0 fully saturated rings. The Morgan fingerprint density at radius 1 is 1.13 bits per heavy atom. The van der Waals surface area contributed by atoms with E-state index in [1.54, 1.807) is 0 Å². The molecule has 0 radical (unpaired) electrons. The lowest BCUT2D eigenvalue weighted by Crippen LogP contribution is -2.20. The van der Waals surface area contributed by atoms with E-state index in [1.165, 1.54) is 12.0 Å². The second-order valence-electron chi connectivity index (χ2n) is 5.19. The van der Waals surface area contributed by atoms with Crippen molar-refractivity contribution in [2.75, 3.05) is 11.9 Å². The summed E-state index contributed by atoms with van der Waals surface area (Å²) in [6.45, 7) is 2.14. The Morgan fingerprint density at radius 3 is 2.61 bits per heavy atom. The molecule has 122 valence electrons. The minimum Gasteiger partial charge on any atom is -0.483 e. The largest absolute Gasteiger partial charge is 0.483 e. The number of carbonyl (C=O) groups is 1. The fraction of sp³-hybridized carbons (Fsp3) is 0.278. The van der Waals surface area contributed by atoms with Gasteiger partial charge in [-0.2, -0.15) is 0 Å². The maximum absolute atomic E-state index is 12.0. The molecule has 3 nitrogen and oxygen atoms in total. The SMILES string of the molecule is CCCCc1ccc(NC(=O)COc2ccccc2Br)c(Br)c1. The fourth-order valence-corrected chi connectivity index (χ4v) is 3.01. The van der Waals surface area contributed by atoms with Gasteiger partial charge >= 0.3 is 0 Å². The highest BCUT2D eigenvalue weighted by Crippen LogP contribution is 2.25. The summed E-state index contributed by atoms with van der Waals surface area (Å²) >= 11 is 6.90. The Labute approximate surface area is 153 Å². The van der Waals surface area contributed by atoms with Crippen LogP contribution in [0.4, 0.5) is 5.69 Å². The van der Waals surface area contributed by atoms with Crippen molar-refractivity contribution in [3.05, 3.63) is 57.0 Å². The Balaban J connectivity index is 1.91. The predicted molar refractivity (Wildman–Crippen MR) is 101 cm³/mol. The van der Waals surface area contributed by atoms with Crippen molar-refractivity contribution < 1.29 is 9.53 Å². The summed E-state index contributed by atoms with van der Waals surface area (Å²) in [5.41, 5.74) is 2.02. The molecule has 0 aliphatic heterocycles. The van der Waals surface area contributed by atoms with Gasteiger partial charge in [0.2, 0.25) is 0 Å². The van der Waals surface area contributed by atoms with Gasteiger partial charge in [0.1, 0.15) is 5.75 Å². The van der Waals surface area contributed by atoms with Crippen LogP contribution < -0.4 is 10.1 Å². The first kappa shape index (κ1) is 18.0.